The zero-order chi connectivity index (χ0) is 26.8. The Hall–Kier alpha value is -1.88. The molecule has 3 fully saturated rings. The van der Waals surface area contributed by atoms with Crippen molar-refractivity contribution in [3.8, 4) is 11.1 Å². The normalized spacial score (nSPS) is 26.0. The van der Waals surface area contributed by atoms with E-state index in [1.54, 1.807) is 0 Å². The van der Waals surface area contributed by atoms with Gasteiger partial charge in [0.25, 0.3) is 0 Å². The van der Waals surface area contributed by atoms with Gasteiger partial charge in [-0.3, -0.25) is 9.80 Å². The van der Waals surface area contributed by atoms with E-state index in [9.17, 15) is 0 Å². The number of nitrogens with zero attached hydrogens (tertiary/aromatic N) is 2. The molecule has 5 rings (SSSR count). The summed E-state index contributed by atoms with van der Waals surface area (Å²) in [6, 6.07) is 19.3. The second-order valence-electron chi connectivity index (χ2n) is 9.97. The summed E-state index contributed by atoms with van der Waals surface area (Å²) in [4.78, 5) is 4.68. The lowest BCUT2D eigenvalue weighted by molar-refractivity contribution is -0.0384. The van der Waals surface area contributed by atoms with E-state index >= 15 is 0 Å². The fourth-order valence-corrected chi connectivity index (χ4v) is 4.74. The maximum atomic E-state index is 6.43. The van der Waals surface area contributed by atoms with E-state index in [4.69, 9.17) is 28.4 Å². The summed E-state index contributed by atoms with van der Waals surface area (Å²) in [5, 5.41) is 0. The molecule has 0 aromatic heterocycles. The molecule has 8 heteroatoms. The van der Waals surface area contributed by atoms with Gasteiger partial charge in [0, 0.05) is 45.7 Å². The van der Waals surface area contributed by atoms with Crippen molar-refractivity contribution in [2.75, 3.05) is 112 Å². The Labute approximate surface area is 234 Å². The van der Waals surface area contributed by atoms with Crippen LogP contribution >= 0.6 is 0 Å². The summed E-state index contributed by atoms with van der Waals surface area (Å²) in [6.45, 7) is 11.9. The molecule has 0 aliphatic carbocycles. The van der Waals surface area contributed by atoms with Gasteiger partial charge in [-0.2, -0.15) is 0 Å². The maximum absolute atomic E-state index is 6.43. The minimum Gasteiger partial charge on any atom is -0.378 e. The Balaban J connectivity index is 1.39. The van der Waals surface area contributed by atoms with Gasteiger partial charge in [0.1, 0.15) is 0 Å². The number of hydrogen-bond donors (Lipinski definition) is 0. The Morgan fingerprint density at radius 3 is 1.49 bits per heavy atom. The van der Waals surface area contributed by atoms with Crippen LogP contribution in [-0.2, 0) is 34.8 Å². The van der Waals surface area contributed by atoms with E-state index in [2.05, 4.69) is 58.3 Å². The summed E-state index contributed by atoms with van der Waals surface area (Å²) in [6.07, 6.45) is 0.798. The lowest BCUT2D eigenvalue weighted by Crippen LogP contribution is -2.37. The molecule has 3 aliphatic rings. The Kier molecular flexibility index (Phi) is 14.2. The number of ether oxygens (including phenoxy) is 6. The Bertz CT molecular complexity index is 864. The molecular formula is C31H46N2O6. The predicted molar refractivity (Wildman–Crippen MR) is 152 cm³/mol. The van der Waals surface area contributed by atoms with Crippen molar-refractivity contribution in [2.45, 2.75) is 12.5 Å². The molecule has 8 nitrogen and oxygen atoms in total. The topological polar surface area (TPSA) is 61.9 Å². The molecule has 0 saturated carbocycles. The highest BCUT2D eigenvalue weighted by Crippen LogP contribution is 2.20. The van der Waals surface area contributed by atoms with Crippen LogP contribution in [0.3, 0.4) is 0 Å². The summed E-state index contributed by atoms with van der Waals surface area (Å²) < 4.78 is 35.9. The van der Waals surface area contributed by atoms with Crippen LogP contribution in [0, 0.1) is 0 Å². The fraction of sp³-hybridized carbons (Fsp3) is 0.613. The summed E-state index contributed by atoms with van der Waals surface area (Å²) in [7, 11) is 0. The third-order valence-electron chi connectivity index (χ3n) is 7.09. The van der Waals surface area contributed by atoms with Gasteiger partial charge in [-0.15, -0.1) is 0 Å². The van der Waals surface area contributed by atoms with Crippen LogP contribution in [0.4, 0.5) is 0 Å². The van der Waals surface area contributed by atoms with Crippen molar-refractivity contribution in [1.82, 2.24) is 9.80 Å². The van der Waals surface area contributed by atoms with Gasteiger partial charge in [0.2, 0.25) is 0 Å². The van der Waals surface area contributed by atoms with Gasteiger partial charge in [0.05, 0.1) is 78.8 Å². The minimum atomic E-state index is -0.0141. The second-order valence-corrected chi connectivity index (χ2v) is 9.97. The van der Waals surface area contributed by atoms with E-state index in [-0.39, 0.29) is 6.10 Å². The molecule has 0 radical (unpaired) electrons. The molecule has 1 atom stereocenters. The zero-order valence-electron chi connectivity index (χ0n) is 23.3. The standard InChI is InChI=1S/C31H46N2O6/c1-2-4-29(5-3-1)30-8-6-28(7-9-30)26-31-27-38-20-14-32-10-16-34-22-24-36-18-12-33(15-21-39-31)13-19-37-25-23-35-17-11-32/h1-9,31H,10-27H2. The van der Waals surface area contributed by atoms with Crippen molar-refractivity contribution < 1.29 is 28.4 Å². The molecule has 3 aliphatic heterocycles. The Morgan fingerprint density at radius 2 is 0.949 bits per heavy atom. The highest BCUT2D eigenvalue weighted by Gasteiger charge is 2.15. The van der Waals surface area contributed by atoms with Crippen molar-refractivity contribution in [3.05, 3.63) is 60.2 Å². The lowest BCUT2D eigenvalue weighted by Gasteiger charge is -2.26. The van der Waals surface area contributed by atoms with E-state index in [0.717, 1.165) is 45.7 Å². The molecule has 2 bridgehead atoms. The molecule has 3 heterocycles. The van der Waals surface area contributed by atoms with Gasteiger partial charge in [-0.05, 0) is 16.7 Å². The largest absolute Gasteiger partial charge is 0.378 e. The summed E-state index contributed by atoms with van der Waals surface area (Å²) >= 11 is 0. The average molecular weight is 543 g/mol. The molecule has 2 aromatic rings. The van der Waals surface area contributed by atoms with Crippen LogP contribution in [-0.4, -0.2) is 128 Å². The number of rotatable bonds is 3. The van der Waals surface area contributed by atoms with E-state index in [1.165, 1.54) is 16.7 Å². The summed E-state index contributed by atoms with van der Waals surface area (Å²) in [5.41, 5.74) is 3.71. The van der Waals surface area contributed by atoms with Crippen molar-refractivity contribution >= 4 is 0 Å². The average Bonchev–Trinajstić information content (AvgIpc) is 2.97. The second kappa shape index (κ2) is 18.5. The van der Waals surface area contributed by atoms with Crippen LogP contribution in [0.1, 0.15) is 5.56 Å². The molecule has 1 unspecified atom stereocenters. The third-order valence-corrected chi connectivity index (χ3v) is 7.09. The number of hydrogen-bond acceptors (Lipinski definition) is 8. The van der Waals surface area contributed by atoms with Gasteiger partial charge in [-0.25, -0.2) is 0 Å². The van der Waals surface area contributed by atoms with E-state index in [0.29, 0.717) is 72.7 Å². The molecule has 0 spiro atoms. The molecule has 0 amide bonds. The van der Waals surface area contributed by atoms with Crippen molar-refractivity contribution in [3.63, 3.8) is 0 Å². The molecule has 0 N–H and O–H groups in total. The monoisotopic (exact) mass is 542 g/mol. The smallest absolute Gasteiger partial charge is 0.0849 e. The van der Waals surface area contributed by atoms with E-state index < -0.39 is 0 Å². The summed E-state index contributed by atoms with van der Waals surface area (Å²) in [5.74, 6) is 0. The lowest BCUT2D eigenvalue weighted by atomic mass is 10.0. The zero-order valence-corrected chi connectivity index (χ0v) is 23.3. The van der Waals surface area contributed by atoms with Crippen LogP contribution in [0.2, 0.25) is 0 Å². The van der Waals surface area contributed by atoms with Crippen LogP contribution in [0.25, 0.3) is 11.1 Å². The van der Waals surface area contributed by atoms with Gasteiger partial charge in [0.15, 0.2) is 0 Å². The minimum absolute atomic E-state index is 0.0141. The first kappa shape index (κ1) is 30.1. The molecule has 216 valence electrons. The maximum Gasteiger partial charge on any atom is 0.0849 e. The highest BCUT2D eigenvalue weighted by molar-refractivity contribution is 5.63. The molecular weight excluding hydrogens is 496 g/mol. The van der Waals surface area contributed by atoms with Crippen molar-refractivity contribution in [2.24, 2.45) is 0 Å². The quantitative estimate of drug-likeness (QED) is 0.587. The predicted octanol–water partition coefficient (Wildman–Crippen LogP) is 3.00. The molecule has 2 aromatic carbocycles. The van der Waals surface area contributed by atoms with Crippen LogP contribution < -0.4 is 0 Å². The van der Waals surface area contributed by atoms with Gasteiger partial charge < -0.3 is 28.4 Å². The third kappa shape index (κ3) is 12.0. The molecule has 3 saturated heterocycles. The van der Waals surface area contributed by atoms with Crippen molar-refractivity contribution in [1.29, 1.82) is 0 Å². The SMILES string of the molecule is c1ccc(-c2ccc(CC3COCCN4CCOCCOCCN(CCOCCOCC4)CCO3)cc2)cc1. The fourth-order valence-electron chi connectivity index (χ4n) is 4.74. The first-order valence-electron chi connectivity index (χ1n) is 14.5. The molecule has 39 heavy (non-hydrogen) atoms. The van der Waals surface area contributed by atoms with E-state index in [1.807, 2.05) is 6.07 Å². The number of fused-ring (bicyclic) bond motifs is 21. The van der Waals surface area contributed by atoms with Gasteiger partial charge in [-0.1, -0.05) is 54.6 Å². The first-order valence-corrected chi connectivity index (χ1v) is 14.5. The van der Waals surface area contributed by atoms with Crippen LogP contribution in [0.5, 0.6) is 0 Å². The Morgan fingerprint density at radius 1 is 0.487 bits per heavy atom. The van der Waals surface area contributed by atoms with Crippen LogP contribution in [0.15, 0.2) is 54.6 Å². The number of benzene rings is 2. The first-order chi connectivity index (χ1) is 19.4. The van der Waals surface area contributed by atoms with Gasteiger partial charge >= 0.3 is 0 Å². The highest BCUT2D eigenvalue weighted by atomic mass is 16.5.